The molecule has 1 atom stereocenters. The van der Waals surface area contributed by atoms with Crippen molar-refractivity contribution in [3.63, 3.8) is 0 Å². The van der Waals surface area contributed by atoms with Crippen LogP contribution in [0.25, 0.3) is 0 Å². The van der Waals surface area contributed by atoms with E-state index in [9.17, 15) is 0 Å². The second-order valence-electron chi connectivity index (χ2n) is 2.73. The van der Waals surface area contributed by atoms with E-state index in [0.717, 1.165) is 16.3 Å². The Hall–Kier alpha value is -1.09. The second kappa shape index (κ2) is 2.75. The molecule has 0 fully saturated rings. The number of benzene rings is 1. The first-order chi connectivity index (χ1) is 5.77. The Morgan fingerprint density at radius 1 is 1.42 bits per heavy atom. The van der Waals surface area contributed by atoms with Crippen LogP contribution >= 0.6 is 12.2 Å². The van der Waals surface area contributed by atoms with E-state index >= 15 is 0 Å². The number of ether oxygens (including phenoxy) is 1. The lowest BCUT2D eigenvalue weighted by Crippen LogP contribution is -2.40. The van der Waals surface area contributed by atoms with Crippen molar-refractivity contribution in [2.45, 2.75) is 13.2 Å². The summed E-state index contributed by atoms with van der Waals surface area (Å²) in [6, 6.07) is 7.78. The highest BCUT2D eigenvalue weighted by atomic mass is 32.1. The van der Waals surface area contributed by atoms with Gasteiger partial charge in [0.2, 0.25) is 0 Å². The molecule has 0 bridgehead atoms. The van der Waals surface area contributed by atoms with Crippen LogP contribution in [0.5, 0.6) is 5.75 Å². The van der Waals surface area contributed by atoms with Crippen molar-refractivity contribution in [1.82, 2.24) is 5.32 Å². The Labute approximate surface area is 76.5 Å². The first-order valence-electron chi connectivity index (χ1n) is 3.84. The molecule has 1 aliphatic heterocycles. The van der Waals surface area contributed by atoms with Crippen LogP contribution in [-0.4, -0.2) is 11.2 Å². The highest BCUT2D eigenvalue weighted by Crippen LogP contribution is 2.22. The van der Waals surface area contributed by atoms with Crippen LogP contribution in [0.4, 0.5) is 0 Å². The molecule has 0 amide bonds. The summed E-state index contributed by atoms with van der Waals surface area (Å²) in [6.07, 6.45) is -0.0209. The van der Waals surface area contributed by atoms with E-state index < -0.39 is 0 Å². The fraction of sp³-hybridized carbons (Fsp3) is 0.222. The van der Waals surface area contributed by atoms with Gasteiger partial charge in [-0.25, -0.2) is 0 Å². The van der Waals surface area contributed by atoms with Crippen molar-refractivity contribution in [3.05, 3.63) is 29.8 Å². The zero-order valence-corrected chi connectivity index (χ0v) is 7.52. The predicted molar refractivity (Wildman–Crippen MR) is 51.4 cm³/mol. The fourth-order valence-corrected chi connectivity index (χ4v) is 1.57. The SMILES string of the molecule is CC1NC(=S)c2ccccc2O1. The minimum atomic E-state index is -0.0209. The highest BCUT2D eigenvalue weighted by Gasteiger charge is 2.17. The molecule has 0 aliphatic carbocycles. The monoisotopic (exact) mass is 179 g/mol. The molecule has 1 heterocycles. The van der Waals surface area contributed by atoms with E-state index in [-0.39, 0.29) is 6.23 Å². The topological polar surface area (TPSA) is 21.3 Å². The molecule has 0 spiro atoms. The molecule has 1 N–H and O–H groups in total. The van der Waals surface area contributed by atoms with E-state index in [0.29, 0.717) is 0 Å². The van der Waals surface area contributed by atoms with E-state index in [4.69, 9.17) is 17.0 Å². The van der Waals surface area contributed by atoms with Crippen LogP contribution < -0.4 is 10.1 Å². The van der Waals surface area contributed by atoms with Crippen molar-refractivity contribution < 1.29 is 4.74 Å². The van der Waals surface area contributed by atoms with Crippen LogP contribution in [0.2, 0.25) is 0 Å². The zero-order valence-electron chi connectivity index (χ0n) is 6.70. The first kappa shape index (κ1) is 7.55. The molecule has 1 aromatic rings. The van der Waals surface area contributed by atoms with Crippen LogP contribution in [0.1, 0.15) is 12.5 Å². The van der Waals surface area contributed by atoms with Gasteiger partial charge in [0.1, 0.15) is 10.7 Å². The van der Waals surface area contributed by atoms with E-state index in [1.54, 1.807) is 0 Å². The van der Waals surface area contributed by atoms with E-state index in [1.807, 2.05) is 31.2 Å². The number of para-hydroxylation sites is 1. The molecule has 1 unspecified atom stereocenters. The smallest absolute Gasteiger partial charge is 0.167 e. The zero-order chi connectivity index (χ0) is 8.55. The fourth-order valence-electron chi connectivity index (χ4n) is 1.24. The summed E-state index contributed by atoms with van der Waals surface area (Å²) in [5, 5.41) is 3.04. The minimum absolute atomic E-state index is 0.0209. The third-order valence-electron chi connectivity index (χ3n) is 1.77. The van der Waals surface area contributed by atoms with Crippen LogP contribution in [0.15, 0.2) is 24.3 Å². The lowest BCUT2D eigenvalue weighted by molar-refractivity contribution is 0.200. The molecule has 1 aliphatic rings. The maximum Gasteiger partial charge on any atom is 0.167 e. The summed E-state index contributed by atoms with van der Waals surface area (Å²) in [4.78, 5) is 0.768. The predicted octanol–water partition coefficient (Wildman–Crippen LogP) is 1.69. The van der Waals surface area contributed by atoms with Crippen molar-refractivity contribution in [2.24, 2.45) is 0 Å². The van der Waals surface area contributed by atoms with Gasteiger partial charge < -0.3 is 10.1 Å². The molecule has 3 heteroatoms. The van der Waals surface area contributed by atoms with Crippen LogP contribution in [0.3, 0.4) is 0 Å². The van der Waals surface area contributed by atoms with Gasteiger partial charge in [-0.05, 0) is 19.1 Å². The average Bonchev–Trinajstić information content (AvgIpc) is 2.04. The Morgan fingerprint density at radius 3 is 3.00 bits per heavy atom. The summed E-state index contributed by atoms with van der Waals surface area (Å²) < 4.78 is 5.50. The lowest BCUT2D eigenvalue weighted by atomic mass is 10.2. The molecule has 0 saturated heterocycles. The van der Waals surface area contributed by atoms with Crippen molar-refractivity contribution >= 4 is 17.2 Å². The number of hydrogen-bond donors (Lipinski definition) is 1. The van der Waals surface area contributed by atoms with Gasteiger partial charge in [0.15, 0.2) is 6.23 Å². The Kier molecular flexibility index (Phi) is 1.73. The van der Waals surface area contributed by atoms with Gasteiger partial charge in [0, 0.05) is 0 Å². The van der Waals surface area contributed by atoms with Gasteiger partial charge in [0.05, 0.1) is 5.56 Å². The maximum absolute atomic E-state index is 5.50. The summed E-state index contributed by atoms with van der Waals surface area (Å²) >= 11 is 5.15. The number of thiocarbonyl (C=S) groups is 1. The van der Waals surface area contributed by atoms with Gasteiger partial charge >= 0.3 is 0 Å². The normalized spacial score (nSPS) is 20.8. The molecule has 62 valence electrons. The maximum atomic E-state index is 5.50. The largest absolute Gasteiger partial charge is 0.470 e. The van der Waals surface area contributed by atoms with E-state index in [1.165, 1.54) is 0 Å². The Balaban J connectivity index is 2.47. The number of hydrogen-bond acceptors (Lipinski definition) is 2. The quantitative estimate of drug-likeness (QED) is 0.612. The highest BCUT2D eigenvalue weighted by molar-refractivity contribution is 7.80. The molecule has 0 saturated carbocycles. The lowest BCUT2D eigenvalue weighted by Gasteiger charge is -2.25. The number of rotatable bonds is 0. The summed E-state index contributed by atoms with van der Waals surface area (Å²) in [5.41, 5.74) is 0.977. The molecule has 0 aromatic heterocycles. The molecule has 1 aromatic carbocycles. The standard InChI is InChI=1S/C9H9NOS/c1-6-10-9(12)7-4-2-3-5-8(7)11-6/h2-6H,1H3,(H,10,12). The average molecular weight is 179 g/mol. The van der Waals surface area contributed by atoms with Gasteiger partial charge in [-0.3, -0.25) is 0 Å². The second-order valence-corrected chi connectivity index (χ2v) is 3.14. The third-order valence-corrected chi connectivity index (χ3v) is 2.11. The Morgan fingerprint density at radius 2 is 2.17 bits per heavy atom. The van der Waals surface area contributed by atoms with Gasteiger partial charge in [-0.15, -0.1) is 0 Å². The van der Waals surface area contributed by atoms with Crippen molar-refractivity contribution in [3.8, 4) is 5.75 Å². The molecular formula is C9H9NOS. The molecule has 12 heavy (non-hydrogen) atoms. The van der Waals surface area contributed by atoms with Crippen LogP contribution in [-0.2, 0) is 0 Å². The van der Waals surface area contributed by atoms with Gasteiger partial charge in [-0.2, -0.15) is 0 Å². The van der Waals surface area contributed by atoms with Crippen molar-refractivity contribution in [1.29, 1.82) is 0 Å². The van der Waals surface area contributed by atoms with E-state index in [2.05, 4.69) is 5.32 Å². The van der Waals surface area contributed by atoms with Crippen LogP contribution in [0, 0.1) is 0 Å². The van der Waals surface area contributed by atoms with Crippen molar-refractivity contribution in [2.75, 3.05) is 0 Å². The summed E-state index contributed by atoms with van der Waals surface area (Å²) in [5.74, 6) is 0.869. The Bertz CT molecular complexity index is 324. The number of fused-ring (bicyclic) bond motifs is 1. The molecule has 2 rings (SSSR count). The molecular weight excluding hydrogens is 170 g/mol. The van der Waals surface area contributed by atoms with Gasteiger partial charge in [-0.1, -0.05) is 24.4 Å². The summed E-state index contributed by atoms with van der Waals surface area (Å²) in [6.45, 7) is 1.93. The first-order valence-corrected chi connectivity index (χ1v) is 4.25. The van der Waals surface area contributed by atoms with Gasteiger partial charge in [0.25, 0.3) is 0 Å². The molecule has 0 radical (unpaired) electrons. The summed E-state index contributed by atoms with van der Waals surface area (Å²) in [7, 11) is 0. The molecule has 2 nitrogen and oxygen atoms in total. The minimum Gasteiger partial charge on any atom is -0.470 e. The number of nitrogens with one attached hydrogen (secondary N) is 1. The third kappa shape index (κ3) is 1.16.